The van der Waals surface area contributed by atoms with Crippen molar-refractivity contribution in [1.29, 1.82) is 0 Å². The number of rotatable bonds is 6. The van der Waals surface area contributed by atoms with Crippen LogP contribution in [0, 0.1) is 5.92 Å². The molecule has 2 aliphatic carbocycles. The zero-order valence-corrected chi connectivity index (χ0v) is 12.2. The number of thiazole rings is 1. The number of urea groups is 1. The minimum Gasteiger partial charge on any atom is -0.338 e. The molecule has 104 valence electrons. The summed E-state index contributed by atoms with van der Waals surface area (Å²) < 4.78 is 0. The third-order valence-corrected chi connectivity index (χ3v) is 4.69. The van der Waals surface area contributed by atoms with Crippen LogP contribution in [0.4, 0.5) is 4.79 Å². The molecule has 1 heterocycles. The molecule has 1 atom stereocenters. The van der Waals surface area contributed by atoms with Crippen molar-refractivity contribution in [2.24, 2.45) is 5.92 Å². The van der Waals surface area contributed by atoms with Crippen LogP contribution >= 0.6 is 11.3 Å². The number of carbonyl (C=O) groups is 1. The van der Waals surface area contributed by atoms with Crippen molar-refractivity contribution in [2.75, 3.05) is 6.54 Å². The molecule has 2 amide bonds. The maximum absolute atomic E-state index is 12.3. The van der Waals surface area contributed by atoms with Gasteiger partial charge in [-0.2, -0.15) is 0 Å². The molecule has 1 N–H and O–H groups in total. The summed E-state index contributed by atoms with van der Waals surface area (Å²) in [5.41, 5.74) is 2.90. The first-order chi connectivity index (χ1) is 9.25. The maximum Gasteiger partial charge on any atom is 0.317 e. The second kappa shape index (κ2) is 5.49. The fraction of sp³-hybridized carbons (Fsp3) is 0.714. The SMILES string of the molecule is CC(C1CC1)N(C(=O)NCCc1cscn1)C1CC1. The largest absolute Gasteiger partial charge is 0.338 e. The molecule has 0 spiro atoms. The van der Waals surface area contributed by atoms with E-state index in [1.165, 1.54) is 25.7 Å². The van der Waals surface area contributed by atoms with Crippen molar-refractivity contribution in [3.05, 3.63) is 16.6 Å². The molecule has 1 aromatic heterocycles. The normalized spacial score (nSPS) is 20.1. The van der Waals surface area contributed by atoms with E-state index in [1.54, 1.807) is 11.3 Å². The van der Waals surface area contributed by atoms with Gasteiger partial charge >= 0.3 is 6.03 Å². The highest BCUT2D eigenvalue weighted by atomic mass is 32.1. The standard InChI is InChI=1S/C14H21N3OS/c1-10(11-2-3-11)17(13-4-5-13)14(18)15-7-6-12-8-19-9-16-12/h8-11,13H,2-7H2,1H3,(H,15,18). The van der Waals surface area contributed by atoms with Crippen LogP contribution in [0.25, 0.3) is 0 Å². The van der Waals surface area contributed by atoms with Gasteiger partial charge in [0.1, 0.15) is 0 Å². The molecule has 0 bridgehead atoms. The van der Waals surface area contributed by atoms with Crippen LogP contribution in [-0.2, 0) is 6.42 Å². The third-order valence-electron chi connectivity index (χ3n) is 4.06. The van der Waals surface area contributed by atoms with Gasteiger partial charge in [-0.15, -0.1) is 11.3 Å². The first-order valence-electron chi connectivity index (χ1n) is 7.19. The zero-order valence-electron chi connectivity index (χ0n) is 11.3. The van der Waals surface area contributed by atoms with E-state index in [4.69, 9.17) is 0 Å². The molecule has 0 saturated heterocycles. The van der Waals surface area contributed by atoms with Gasteiger partial charge in [-0.3, -0.25) is 0 Å². The van der Waals surface area contributed by atoms with Gasteiger partial charge in [0.25, 0.3) is 0 Å². The van der Waals surface area contributed by atoms with Crippen LogP contribution in [0.15, 0.2) is 10.9 Å². The lowest BCUT2D eigenvalue weighted by Crippen LogP contribution is -2.47. The van der Waals surface area contributed by atoms with E-state index < -0.39 is 0 Å². The van der Waals surface area contributed by atoms with Crippen molar-refractivity contribution in [3.8, 4) is 0 Å². The Labute approximate surface area is 118 Å². The molecule has 2 fully saturated rings. The zero-order chi connectivity index (χ0) is 13.2. The minimum atomic E-state index is 0.122. The fourth-order valence-corrected chi connectivity index (χ4v) is 3.18. The average molecular weight is 279 g/mol. The van der Waals surface area contributed by atoms with Gasteiger partial charge < -0.3 is 10.2 Å². The number of nitrogens with one attached hydrogen (secondary N) is 1. The number of carbonyl (C=O) groups excluding carboxylic acids is 1. The molecule has 19 heavy (non-hydrogen) atoms. The van der Waals surface area contributed by atoms with Gasteiger partial charge in [0.05, 0.1) is 11.2 Å². The van der Waals surface area contributed by atoms with Gasteiger partial charge in [-0.1, -0.05) is 0 Å². The van der Waals surface area contributed by atoms with Crippen LogP contribution in [-0.4, -0.2) is 34.5 Å². The van der Waals surface area contributed by atoms with E-state index in [0.717, 1.165) is 18.0 Å². The predicted octanol–water partition coefficient (Wildman–Crippen LogP) is 2.66. The second-order valence-corrected chi connectivity index (χ2v) is 6.40. The van der Waals surface area contributed by atoms with E-state index in [2.05, 4.69) is 22.1 Å². The lowest BCUT2D eigenvalue weighted by Gasteiger charge is -2.29. The highest BCUT2D eigenvalue weighted by Gasteiger charge is 2.41. The Morgan fingerprint density at radius 3 is 2.89 bits per heavy atom. The van der Waals surface area contributed by atoms with E-state index >= 15 is 0 Å². The summed E-state index contributed by atoms with van der Waals surface area (Å²) in [6, 6.07) is 1.03. The number of nitrogens with zero attached hydrogens (tertiary/aromatic N) is 2. The van der Waals surface area contributed by atoms with Gasteiger partial charge in [0.15, 0.2) is 0 Å². The summed E-state index contributed by atoms with van der Waals surface area (Å²) in [4.78, 5) is 18.7. The molecule has 0 aliphatic heterocycles. The summed E-state index contributed by atoms with van der Waals surface area (Å²) in [7, 11) is 0. The van der Waals surface area contributed by atoms with Crippen molar-refractivity contribution < 1.29 is 4.79 Å². The lowest BCUT2D eigenvalue weighted by molar-refractivity contribution is 0.167. The average Bonchev–Trinajstić information content (AvgIpc) is 3.30. The second-order valence-electron chi connectivity index (χ2n) is 5.68. The number of hydrogen-bond donors (Lipinski definition) is 1. The smallest absolute Gasteiger partial charge is 0.317 e. The third kappa shape index (κ3) is 3.26. The molecule has 2 saturated carbocycles. The fourth-order valence-electron chi connectivity index (χ4n) is 2.59. The Morgan fingerprint density at radius 1 is 1.53 bits per heavy atom. The molecule has 1 unspecified atom stereocenters. The van der Waals surface area contributed by atoms with Gasteiger partial charge in [-0.25, -0.2) is 9.78 Å². The molecule has 5 heteroatoms. The van der Waals surface area contributed by atoms with Crippen molar-refractivity contribution in [1.82, 2.24) is 15.2 Å². The summed E-state index contributed by atoms with van der Waals surface area (Å²) >= 11 is 1.60. The minimum absolute atomic E-state index is 0.122. The Hall–Kier alpha value is -1.10. The topological polar surface area (TPSA) is 45.2 Å². The molecular formula is C14H21N3OS. The molecule has 2 aliphatic rings. The highest BCUT2D eigenvalue weighted by Crippen LogP contribution is 2.39. The van der Waals surface area contributed by atoms with Crippen LogP contribution < -0.4 is 5.32 Å². The number of aromatic nitrogens is 1. The van der Waals surface area contributed by atoms with Crippen LogP contribution in [0.1, 0.15) is 38.3 Å². The quantitative estimate of drug-likeness (QED) is 0.870. The Kier molecular flexibility index (Phi) is 3.73. The summed E-state index contributed by atoms with van der Waals surface area (Å²) in [6.45, 7) is 2.89. The summed E-state index contributed by atoms with van der Waals surface area (Å²) in [5.74, 6) is 0.741. The van der Waals surface area contributed by atoms with Crippen LogP contribution in [0.5, 0.6) is 0 Å². The van der Waals surface area contributed by atoms with Crippen molar-refractivity contribution in [3.63, 3.8) is 0 Å². The van der Waals surface area contributed by atoms with Crippen molar-refractivity contribution in [2.45, 2.75) is 51.1 Å². The Morgan fingerprint density at radius 2 is 2.32 bits per heavy atom. The van der Waals surface area contributed by atoms with E-state index in [1.807, 2.05) is 10.9 Å². The van der Waals surface area contributed by atoms with Gasteiger partial charge in [0, 0.05) is 30.4 Å². The predicted molar refractivity (Wildman–Crippen MR) is 76.3 cm³/mol. The molecule has 1 aromatic rings. The first-order valence-corrected chi connectivity index (χ1v) is 8.13. The van der Waals surface area contributed by atoms with E-state index in [9.17, 15) is 4.79 Å². The van der Waals surface area contributed by atoms with Gasteiger partial charge in [-0.05, 0) is 38.5 Å². The van der Waals surface area contributed by atoms with Crippen LogP contribution in [0.2, 0.25) is 0 Å². The number of amides is 2. The van der Waals surface area contributed by atoms with Gasteiger partial charge in [0.2, 0.25) is 0 Å². The summed E-state index contributed by atoms with van der Waals surface area (Å²) in [5, 5.41) is 5.10. The maximum atomic E-state index is 12.3. The highest BCUT2D eigenvalue weighted by molar-refractivity contribution is 7.07. The monoisotopic (exact) mass is 279 g/mol. The molecular weight excluding hydrogens is 258 g/mol. The molecule has 4 nitrogen and oxygen atoms in total. The molecule has 0 radical (unpaired) electrons. The van der Waals surface area contributed by atoms with E-state index in [0.29, 0.717) is 18.6 Å². The first kappa shape index (κ1) is 12.9. The molecule has 0 aromatic carbocycles. The van der Waals surface area contributed by atoms with E-state index in [-0.39, 0.29) is 6.03 Å². The Bertz CT molecular complexity index is 426. The number of hydrogen-bond acceptors (Lipinski definition) is 3. The molecule has 3 rings (SSSR count). The lowest BCUT2D eigenvalue weighted by atomic mass is 10.2. The summed E-state index contributed by atoms with van der Waals surface area (Å²) in [6.07, 6.45) is 5.76. The van der Waals surface area contributed by atoms with Crippen molar-refractivity contribution >= 4 is 17.4 Å². The van der Waals surface area contributed by atoms with Crippen LogP contribution in [0.3, 0.4) is 0 Å². The Balaban J connectivity index is 1.49.